The molecule has 0 aliphatic carbocycles. The molecule has 0 bridgehead atoms. The van der Waals surface area contributed by atoms with E-state index in [-0.39, 0.29) is 17.6 Å². The van der Waals surface area contributed by atoms with E-state index in [1.165, 1.54) is 0 Å². The van der Waals surface area contributed by atoms with Crippen molar-refractivity contribution in [2.24, 2.45) is 0 Å². The Morgan fingerprint density at radius 3 is 2.73 bits per heavy atom. The van der Waals surface area contributed by atoms with Gasteiger partial charge in [0.05, 0.1) is 30.5 Å². The van der Waals surface area contributed by atoms with Crippen molar-refractivity contribution >= 4 is 5.91 Å². The lowest BCUT2D eigenvalue weighted by atomic mass is 9.87. The van der Waals surface area contributed by atoms with E-state index in [1.807, 2.05) is 23.1 Å². The SMILES string of the molecule is O=C(c1cccnc1)N1CCC2(CC1)C[C@@H](OCc1ccncc1)CO2. The molecule has 2 aromatic rings. The third-order valence-corrected chi connectivity index (χ3v) is 5.28. The first-order valence-electron chi connectivity index (χ1n) is 9.08. The standard InChI is InChI=1S/C20H23N3O3/c24-19(17-2-1-7-22-13-17)23-10-5-20(6-11-23)12-18(15-26-20)25-14-16-3-8-21-9-4-16/h1-4,7-9,13,18H,5-6,10-12,14-15H2/t18-/m1/s1. The molecule has 6 nitrogen and oxygen atoms in total. The summed E-state index contributed by atoms with van der Waals surface area (Å²) < 4.78 is 12.1. The second-order valence-corrected chi connectivity index (χ2v) is 7.02. The van der Waals surface area contributed by atoms with Gasteiger partial charge in [-0.15, -0.1) is 0 Å². The monoisotopic (exact) mass is 353 g/mol. The van der Waals surface area contributed by atoms with E-state index in [4.69, 9.17) is 9.47 Å². The Bertz CT molecular complexity index is 730. The average Bonchev–Trinajstić information content (AvgIpc) is 3.10. The Morgan fingerprint density at radius 2 is 2.00 bits per heavy atom. The fourth-order valence-electron chi connectivity index (χ4n) is 3.74. The molecular weight excluding hydrogens is 330 g/mol. The number of carbonyl (C=O) groups is 1. The molecule has 0 saturated carbocycles. The minimum Gasteiger partial charge on any atom is -0.372 e. The van der Waals surface area contributed by atoms with E-state index in [2.05, 4.69) is 9.97 Å². The van der Waals surface area contributed by atoms with Crippen molar-refractivity contribution in [3.8, 4) is 0 Å². The van der Waals surface area contributed by atoms with Gasteiger partial charge in [-0.3, -0.25) is 14.8 Å². The van der Waals surface area contributed by atoms with Gasteiger partial charge in [-0.1, -0.05) is 0 Å². The van der Waals surface area contributed by atoms with Crippen LogP contribution in [0.5, 0.6) is 0 Å². The molecule has 0 radical (unpaired) electrons. The third-order valence-electron chi connectivity index (χ3n) is 5.28. The fraction of sp³-hybridized carbons (Fsp3) is 0.450. The van der Waals surface area contributed by atoms with Gasteiger partial charge in [0, 0.05) is 44.3 Å². The van der Waals surface area contributed by atoms with Crippen LogP contribution in [0, 0.1) is 0 Å². The number of piperidine rings is 1. The predicted molar refractivity (Wildman–Crippen MR) is 95.5 cm³/mol. The molecule has 4 rings (SSSR count). The van der Waals surface area contributed by atoms with Gasteiger partial charge in [0.15, 0.2) is 0 Å². The van der Waals surface area contributed by atoms with Crippen LogP contribution < -0.4 is 0 Å². The number of likely N-dealkylation sites (tertiary alicyclic amines) is 1. The summed E-state index contributed by atoms with van der Waals surface area (Å²) in [5, 5.41) is 0. The minimum atomic E-state index is -0.144. The van der Waals surface area contributed by atoms with Crippen LogP contribution in [-0.4, -0.2) is 52.2 Å². The highest BCUT2D eigenvalue weighted by molar-refractivity contribution is 5.93. The van der Waals surface area contributed by atoms with Crippen molar-refractivity contribution in [3.63, 3.8) is 0 Å². The van der Waals surface area contributed by atoms with Crippen molar-refractivity contribution in [2.45, 2.75) is 37.6 Å². The highest BCUT2D eigenvalue weighted by Gasteiger charge is 2.43. The van der Waals surface area contributed by atoms with Crippen molar-refractivity contribution in [3.05, 3.63) is 60.2 Å². The highest BCUT2D eigenvalue weighted by Crippen LogP contribution is 2.37. The topological polar surface area (TPSA) is 64.6 Å². The van der Waals surface area contributed by atoms with E-state index < -0.39 is 0 Å². The molecule has 1 atom stereocenters. The van der Waals surface area contributed by atoms with Gasteiger partial charge < -0.3 is 14.4 Å². The molecule has 6 heteroatoms. The summed E-state index contributed by atoms with van der Waals surface area (Å²) in [5.74, 6) is 0.0523. The van der Waals surface area contributed by atoms with Crippen LogP contribution >= 0.6 is 0 Å². The molecule has 0 aromatic carbocycles. The zero-order valence-corrected chi connectivity index (χ0v) is 14.7. The molecule has 2 aliphatic heterocycles. The van der Waals surface area contributed by atoms with Crippen LogP contribution in [-0.2, 0) is 16.1 Å². The second kappa shape index (κ2) is 7.51. The maximum Gasteiger partial charge on any atom is 0.255 e. The second-order valence-electron chi connectivity index (χ2n) is 7.02. The molecule has 0 N–H and O–H groups in total. The smallest absolute Gasteiger partial charge is 0.255 e. The maximum atomic E-state index is 12.5. The molecule has 0 unspecified atom stereocenters. The van der Waals surface area contributed by atoms with Crippen molar-refractivity contribution in [2.75, 3.05) is 19.7 Å². The largest absolute Gasteiger partial charge is 0.372 e. The van der Waals surface area contributed by atoms with Crippen molar-refractivity contribution in [1.82, 2.24) is 14.9 Å². The molecule has 26 heavy (non-hydrogen) atoms. The molecule has 4 heterocycles. The van der Waals surface area contributed by atoms with Gasteiger partial charge in [-0.2, -0.15) is 0 Å². The summed E-state index contributed by atoms with van der Waals surface area (Å²) in [6.45, 7) is 2.63. The summed E-state index contributed by atoms with van der Waals surface area (Å²) in [6.07, 6.45) is 9.58. The molecule has 2 aliphatic rings. The number of hydrogen-bond donors (Lipinski definition) is 0. The number of carbonyl (C=O) groups excluding carboxylic acids is 1. The lowest BCUT2D eigenvalue weighted by Crippen LogP contribution is -2.46. The average molecular weight is 353 g/mol. The molecule has 2 fully saturated rings. The van der Waals surface area contributed by atoms with Crippen LogP contribution in [0.25, 0.3) is 0 Å². The molecule has 136 valence electrons. The lowest BCUT2D eigenvalue weighted by Gasteiger charge is -2.38. The highest BCUT2D eigenvalue weighted by atomic mass is 16.6. The maximum absolute atomic E-state index is 12.5. The number of aromatic nitrogens is 2. The number of ether oxygens (including phenoxy) is 2. The van der Waals surface area contributed by atoms with Crippen molar-refractivity contribution in [1.29, 1.82) is 0 Å². The third kappa shape index (κ3) is 3.76. The van der Waals surface area contributed by atoms with Gasteiger partial charge in [0.25, 0.3) is 5.91 Å². The number of nitrogens with zero attached hydrogens (tertiary/aromatic N) is 3. The Hall–Kier alpha value is -2.31. The first-order chi connectivity index (χ1) is 12.7. The fourth-order valence-corrected chi connectivity index (χ4v) is 3.74. The summed E-state index contributed by atoms with van der Waals surface area (Å²) in [5.41, 5.74) is 1.63. The zero-order chi connectivity index (χ0) is 17.8. The number of hydrogen-bond acceptors (Lipinski definition) is 5. The molecular formula is C20H23N3O3. The molecule has 1 amide bonds. The Morgan fingerprint density at radius 1 is 1.19 bits per heavy atom. The zero-order valence-electron chi connectivity index (χ0n) is 14.7. The lowest BCUT2D eigenvalue weighted by molar-refractivity contribution is -0.0412. The Balaban J connectivity index is 1.28. The quantitative estimate of drug-likeness (QED) is 0.845. The van der Waals surface area contributed by atoms with Gasteiger partial charge in [-0.25, -0.2) is 0 Å². The summed E-state index contributed by atoms with van der Waals surface area (Å²) in [4.78, 5) is 22.5. The number of pyridine rings is 2. The van der Waals surface area contributed by atoms with Gasteiger partial charge >= 0.3 is 0 Å². The molecule has 1 spiro atoms. The van der Waals surface area contributed by atoms with Crippen LogP contribution in [0.3, 0.4) is 0 Å². The first kappa shape index (κ1) is 17.1. The summed E-state index contributed by atoms with van der Waals surface area (Å²) in [6, 6.07) is 7.54. The minimum absolute atomic E-state index is 0.0523. The van der Waals surface area contributed by atoms with Crippen LogP contribution in [0.1, 0.15) is 35.2 Å². The normalized spacial score (nSPS) is 21.8. The van der Waals surface area contributed by atoms with E-state index >= 15 is 0 Å². The predicted octanol–water partition coefficient (Wildman–Crippen LogP) is 2.46. The van der Waals surface area contributed by atoms with Gasteiger partial charge in [-0.05, 0) is 42.7 Å². The van der Waals surface area contributed by atoms with Crippen LogP contribution in [0.4, 0.5) is 0 Å². The van der Waals surface area contributed by atoms with E-state index in [9.17, 15) is 4.79 Å². The Kier molecular flexibility index (Phi) is 4.95. The number of amides is 1. The van der Waals surface area contributed by atoms with Gasteiger partial charge in [0.2, 0.25) is 0 Å². The van der Waals surface area contributed by atoms with Crippen molar-refractivity contribution < 1.29 is 14.3 Å². The van der Waals surface area contributed by atoms with E-state index in [0.29, 0.717) is 31.9 Å². The molecule has 2 saturated heterocycles. The van der Waals surface area contributed by atoms with Gasteiger partial charge in [0.1, 0.15) is 0 Å². The van der Waals surface area contributed by atoms with Crippen LogP contribution in [0.15, 0.2) is 49.1 Å². The summed E-state index contributed by atoms with van der Waals surface area (Å²) >= 11 is 0. The van der Waals surface area contributed by atoms with Crippen LogP contribution in [0.2, 0.25) is 0 Å². The summed E-state index contributed by atoms with van der Waals surface area (Å²) in [7, 11) is 0. The first-order valence-corrected chi connectivity index (χ1v) is 9.08. The number of rotatable bonds is 4. The van der Waals surface area contributed by atoms with E-state index in [0.717, 1.165) is 24.8 Å². The Labute approximate surface area is 153 Å². The molecule has 2 aromatic heterocycles. The van der Waals surface area contributed by atoms with E-state index in [1.54, 1.807) is 30.9 Å².